The predicted octanol–water partition coefficient (Wildman–Crippen LogP) is 1.52. The summed E-state index contributed by atoms with van der Waals surface area (Å²) in [5.74, 6) is 6.46. The molecule has 1 aliphatic carbocycles. The van der Waals surface area contributed by atoms with Gasteiger partial charge in [0.2, 0.25) is 5.91 Å². The summed E-state index contributed by atoms with van der Waals surface area (Å²) in [4.78, 5) is 33.9. The van der Waals surface area contributed by atoms with Crippen molar-refractivity contribution in [2.45, 2.75) is 31.6 Å². The van der Waals surface area contributed by atoms with Crippen molar-refractivity contribution in [2.75, 3.05) is 51.4 Å². The Morgan fingerprint density at radius 3 is 2.79 bits per heavy atom. The van der Waals surface area contributed by atoms with Crippen LogP contribution in [0.2, 0.25) is 0 Å². The minimum Gasteiger partial charge on any atom is -0.462 e. The number of carbonyl (C=O) groups excluding carboxylic acids is 2. The minimum atomic E-state index is -0.212. The molecule has 3 aliphatic rings. The standard InChI is InChI=1S/C25H31N5O3/c1-28(26)23-15-18-3-5-21(22(18)16-27-23)24(31)30-11-9-29(10-12-30)8-6-17-2-4-20-19(14-17)7-13-33-25(20)32/h2,4,14-16,21H,3,5-13,26H2,1H3. The minimum absolute atomic E-state index is 0.0848. The molecule has 2 aliphatic heterocycles. The highest BCUT2D eigenvalue weighted by atomic mass is 16.5. The number of hydrogen-bond acceptors (Lipinski definition) is 7. The molecule has 1 aromatic carbocycles. The monoisotopic (exact) mass is 449 g/mol. The molecule has 1 aromatic heterocycles. The summed E-state index contributed by atoms with van der Waals surface area (Å²) in [5.41, 5.74) is 5.29. The van der Waals surface area contributed by atoms with E-state index in [1.807, 2.05) is 29.3 Å². The molecule has 3 heterocycles. The van der Waals surface area contributed by atoms with Gasteiger partial charge in [-0.1, -0.05) is 12.1 Å². The smallest absolute Gasteiger partial charge is 0.338 e. The molecular formula is C25H31N5O3. The fraction of sp³-hybridized carbons (Fsp3) is 0.480. The van der Waals surface area contributed by atoms with Crippen LogP contribution in [-0.4, -0.2) is 73.0 Å². The zero-order valence-corrected chi connectivity index (χ0v) is 19.1. The highest BCUT2D eigenvalue weighted by Gasteiger charge is 2.33. The lowest BCUT2D eigenvalue weighted by molar-refractivity contribution is -0.134. The molecule has 0 radical (unpaired) electrons. The number of carbonyl (C=O) groups is 2. The fourth-order valence-corrected chi connectivity index (χ4v) is 5.17. The molecule has 1 atom stereocenters. The van der Waals surface area contributed by atoms with Crippen LogP contribution in [0, 0.1) is 0 Å². The number of nitrogens with two attached hydrogens (primary N) is 1. The summed E-state index contributed by atoms with van der Waals surface area (Å²) in [7, 11) is 1.77. The molecule has 1 amide bonds. The lowest BCUT2D eigenvalue weighted by Gasteiger charge is -2.36. The lowest BCUT2D eigenvalue weighted by atomic mass is 9.98. The SMILES string of the molecule is CN(N)c1cc2c(cn1)C(C(=O)N1CCN(CCc3ccc4c(c3)CCOC4=O)CC1)CC2. The van der Waals surface area contributed by atoms with Gasteiger partial charge in [0, 0.05) is 52.4 Å². The van der Waals surface area contributed by atoms with Crippen LogP contribution in [0.3, 0.4) is 0 Å². The predicted molar refractivity (Wildman–Crippen MR) is 125 cm³/mol. The van der Waals surface area contributed by atoms with E-state index < -0.39 is 0 Å². The number of hydrazine groups is 1. The van der Waals surface area contributed by atoms with Gasteiger partial charge in [-0.2, -0.15) is 0 Å². The second kappa shape index (κ2) is 9.11. The summed E-state index contributed by atoms with van der Waals surface area (Å²) >= 11 is 0. The third-order valence-corrected chi connectivity index (χ3v) is 7.14. The molecule has 8 nitrogen and oxygen atoms in total. The van der Waals surface area contributed by atoms with E-state index >= 15 is 0 Å². The summed E-state index contributed by atoms with van der Waals surface area (Å²) in [6, 6.07) is 8.08. The summed E-state index contributed by atoms with van der Waals surface area (Å²) in [5, 5.41) is 1.51. The normalized spacial score (nSPS) is 20.2. The molecule has 1 fully saturated rings. The molecule has 33 heavy (non-hydrogen) atoms. The third-order valence-electron chi connectivity index (χ3n) is 7.14. The average molecular weight is 450 g/mol. The second-order valence-corrected chi connectivity index (χ2v) is 9.24. The van der Waals surface area contributed by atoms with Crippen LogP contribution in [0.5, 0.6) is 0 Å². The number of benzene rings is 1. The first-order valence-corrected chi connectivity index (χ1v) is 11.8. The van der Waals surface area contributed by atoms with Crippen molar-refractivity contribution in [3.8, 4) is 0 Å². The molecular weight excluding hydrogens is 418 g/mol. The number of cyclic esters (lactones) is 1. The second-order valence-electron chi connectivity index (χ2n) is 9.24. The number of ether oxygens (including phenoxy) is 1. The number of pyridine rings is 1. The van der Waals surface area contributed by atoms with E-state index in [-0.39, 0.29) is 17.8 Å². The van der Waals surface area contributed by atoms with Gasteiger partial charge < -0.3 is 9.64 Å². The molecule has 0 spiro atoms. The zero-order chi connectivity index (χ0) is 22.9. The maximum absolute atomic E-state index is 13.2. The van der Waals surface area contributed by atoms with Crippen LogP contribution in [0.1, 0.15) is 45.0 Å². The summed E-state index contributed by atoms with van der Waals surface area (Å²) < 4.78 is 5.11. The Morgan fingerprint density at radius 2 is 2.00 bits per heavy atom. The first-order valence-electron chi connectivity index (χ1n) is 11.8. The largest absolute Gasteiger partial charge is 0.462 e. The zero-order valence-electron chi connectivity index (χ0n) is 19.1. The van der Waals surface area contributed by atoms with Gasteiger partial charge in [-0.25, -0.2) is 15.6 Å². The molecule has 5 rings (SSSR count). The van der Waals surface area contributed by atoms with Crippen LogP contribution in [-0.2, 0) is 28.8 Å². The number of aryl methyl sites for hydroxylation is 1. The first-order chi connectivity index (χ1) is 16.0. The third kappa shape index (κ3) is 4.45. The van der Waals surface area contributed by atoms with Crippen LogP contribution in [0.25, 0.3) is 0 Å². The van der Waals surface area contributed by atoms with Crippen molar-refractivity contribution in [3.63, 3.8) is 0 Å². The number of hydrogen-bond donors (Lipinski definition) is 1. The van der Waals surface area contributed by atoms with Gasteiger partial charge >= 0.3 is 5.97 Å². The highest BCUT2D eigenvalue weighted by molar-refractivity contribution is 5.92. The van der Waals surface area contributed by atoms with Crippen molar-refractivity contribution in [3.05, 3.63) is 58.3 Å². The Balaban J connectivity index is 1.14. The van der Waals surface area contributed by atoms with Crippen molar-refractivity contribution in [1.29, 1.82) is 0 Å². The van der Waals surface area contributed by atoms with E-state index in [0.717, 1.165) is 75.4 Å². The van der Waals surface area contributed by atoms with E-state index in [2.05, 4.69) is 16.0 Å². The fourth-order valence-electron chi connectivity index (χ4n) is 5.17. The Hall–Kier alpha value is -2.97. The Bertz CT molecular complexity index is 1060. The molecule has 0 bridgehead atoms. The maximum Gasteiger partial charge on any atom is 0.338 e. The Morgan fingerprint density at radius 1 is 1.18 bits per heavy atom. The van der Waals surface area contributed by atoms with Crippen LogP contribution < -0.4 is 10.9 Å². The van der Waals surface area contributed by atoms with Crippen LogP contribution >= 0.6 is 0 Å². The molecule has 2 N–H and O–H groups in total. The van der Waals surface area contributed by atoms with E-state index in [1.165, 1.54) is 16.1 Å². The number of piperazine rings is 1. The van der Waals surface area contributed by atoms with Crippen molar-refractivity contribution >= 4 is 17.7 Å². The van der Waals surface area contributed by atoms with Gasteiger partial charge in [0.05, 0.1) is 18.1 Å². The van der Waals surface area contributed by atoms with E-state index in [9.17, 15) is 9.59 Å². The van der Waals surface area contributed by atoms with E-state index in [1.54, 1.807) is 7.05 Å². The van der Waals surface area contributed by atoms with Crippen molar-refractivity contribution in [1.82, 2.24) is 14.8 Å². The number of nitrogens with zero attached hydrogens (tertiary/aromatic N) is 4. The van der Waals surface area contributed by atoms with Gasteiger partial charge in [-0.15, -0.1) is 0 Å². The van der Waals surface area contributed by atoms with Crippen LogP contribution in [0.4, 0.5) is 5.82 Å². The van der Waals surface area contributed by atoms with Crippen molar-refractivity contribution in [2.24, 2.45) is 5.84 Å². The summed E-state index contributed by atoms with van der Waals surface area (Å²) in [6.07, 6.45) is 5.31. The Kier molecular flexibility index (Phi) is 6.03. The van der Waals surface area contributed by atoms with Gasteiger partial charge in [0.1, 0.15) is 5.82 Å². The molecule has 0 saturated carbocycles. The van der Waals surface area contributed by atoms with E-state index in [4.69, 9.17) is 10.6 Å². The number of esters is 1. The van der Waals surface area contributed by atoms with Crippen LogP contribution in [0.15, 0.2) is 30.5 Å². The van der Waals surface area contributed by atoms with E-state index in [0.29, 0.717) is 12.2 Å². The maximum atomic E-state index is 13.2. The summed E-state index contributed by atoms with van der Waals surface area (Å²) in [6.45, 7) is 4.72. The average Bonchev–Trinajstić information content (AvgIpc) is 3.26. The first kappa shape index (κ1) is 21.9. The molecule has 2 aromatic rings. The Labute approximate surface area is 194 Å². The number of amides is 1. The highest BCUT2D eigenvalue weighted by Crippen LogP contribution is 2.35. The number of aromatic nitrogens is 1. The molecule has 1 unspecified atom stereocenters. The molecule has 1 saturated heterocycles. The molecule has 174 valence electrons. The lowest BCUT2D eigenvalue weighted by Crippen LogP contribution is -2.50. The topological polar surface area (TPSA) is 92.0 Å². The quantitative estimate of drug-likeness (QED) is 0.420. The number of anilines is 1. The van der Waals surface area contributed by atoms with Gasteiger partial charge in [-0.3, -0.25) is 14.7 Å². The van der Waals surface area contributed by atoms with Gasteiger partial charge in [0.15, 0.2) is 0 Å². The number of fused-ring (bicyclic) bond motifs is 2. The van der Waals surface area contributed by atoms with Gasteiger partial charge in [0.25, 0.3) is 0 Å². The van der Waals surface area contributed by atoms with Crippen molar-refractivity contribution < 1.29 is 14.3 Å². The number of rotatable bonds is 5. The molecule has 8 heteroatoms. The van der Waals surface area contributed by atoms with Gasteiger partial charge in [-0.05, 0) is 53.6 Å².